The topological polar surface area (TPSA) is 12.0 Å². The molecule has 29 heavy (non-hydrogen) atoms. The highest BCUT2D eigenvalue weighted by atomic mass is 14.9. The molecule has 4 atom stereocenters. The van der Waals surface area contributed by atoms with Crippen LogP contribution in [0.2, 0.25) is 0 Å². The van der Waals surface area contributed by atoms with Crippen molar-refractivity contribution in [1.82, 2.24) is 0 Å². The molecule has 0 radical (unpaired) electrons. The number of nitrogens with one attached hydrogen (secondary N) is 1. The molecule has 0 spiro atoms. The van der Waals surface area contributed by atoms with Crippen LogP contribution < -0.4 is 5.32 Å². The fourth-order valence-corrected chi connectivity index (χ4v) is 5.11. The average molecular weight is 390 g/mol. The van der Waals surface area contributed by atoms with E-state index in [1.807, 2.05) is 0 Å². The molecule has 0 saturated heterocycles. The highest BCUT2D eigenvalue weighted by Gasteiger charge is 2.36. The van der Waals surface area contributed by atoms with Gasteiger partial charge in [-0.05, 0) is 74.6 Å². The van der Waals surface area contributed by atoms with Crippen molar-refractivity contribution in [3.63, 3.8) is 0 Å². The predicted molar refractivity (Wildman–Crippen MR) is 128 cm³/mol. The summed E-state index contributed by atoms with van der Waals surface area (Å²) in [5, 5.41) is 3.89. The number of anilines is 1. The van der Waals surface area contributed by atoms with E-state index in [4.69, 9.17) is 0 Å². The molecule has 0 bridgehead atoms. The van der Waals surface area contributed by atoms with Crippen LogP contribution in [0.1, 0.15) is 75.6 Å². The second kappa shape index (κ2) is 9.65. The van der Waals surface area contributed by atoms with Gasteiger partial charge in [0.15, 0.2) is 0 Å². The van der Waals surface area contributed by atoms with Crippen LogP contribution in [0.3, 0.4) is 0 Å². The molecule has 1 heteroatoms. The smallest absolute Gasteiger partial charge is 0.0378 e. The van der Waals surface area contributed by atoms with Gasteiger partial charge >= 0.3 is 0 Å². The van der Waals surface area contributed by atoms with Crippen molar-refractivity contribution in [2.45, 2.75) is 79.2 Å². The summed E-state index contributed by atoms with van der Waals surface area (Å²) in [7, 11) is 0. The normalized spacial score (nSPS) is 22.2. The number of allylic oxidation sites excluding steroid dienone is 1. The molecule has 1 aliphatic carbocycles. The van der Waals surface area contributed by atoms with Gasteiger partial charge in [-0.25, -0.2) is 0 Å². The lowest BCUT2D eigenvalue weighted by molar-refractivity contribution is 0.273. The summed E-state index contributed by atoms with van der Waals surface area (Å²) in [6.45, 7) is 13.7. The van der Waals surface area contributed by atoms with Crippen molar-refractivity contribution < 1.29 is 0 Å². The quantitative estimate of drug-likeness (QED) is 0.456. The Labute approximate surface area is 178 Å². The van der Waals surface area contributed by atoms with Gasteiger partial charge in [0.2, 0.25) is 0 Å². The Balaban J connectivity index is 1.75. The lowest BCUT2D eigenvalue weighted by Gasteiger charge is -2.42. The van der Waals surface area contributed by atoms with Crippen LogP contribution in [-0.2, 0) is 12.8 Å². The van der Waals surface area contributed by atoms with E-state index in [-0.39, 0.29) is 0 Å². The van der Waals surface area contributed by atoms with Crippen LogP contribution in [0.25, 0.3) is 0 Å². The molecular formula is C28H39N. The fourth-order valence-electron chi connectivity index (χ4n) is 5.11. The molecule has 1 nitrogen and oxygen atoms in total. The van der Waals surface area contributed by atoms with E-state index in [9.17, 15) is 0 Å². The Kier molecular flexibility index (Phi) is 7.22. The Morgan fingerprint density at radius 2 is 1.76 bits per heavy atom. The van der Waals surface area contributed by atoms with Gasteiger partial charge < -0.3 is 5.32 Å². The van der Waals surface area contributed by atoms with Crippen molar-refractivity contribution in [3.05, 3.63) is 76.4 Å². The lowest BCUT2D eigenvalue weighted by Crippen LogP contribution is -2.39. The highest BCUT2D eigenvalue weighted by Crippen LogP contribution is 2.43. The Bertz CT molecular complexity index is 830. The Morgan fingerprint density at radius 3 is 2.38 bits per heavy atom. The summed E-state index contributed by atoms with van der Waals surface area (Å²) in [4.78, 5) is 0. The maximum absolute atomic E-state index is 3.89. The summed E-state index contributed by atoms with van der Waals surface area (Å²) in [6, 6.07) is 16.6. The minimum absolute atomic E-state index is 0.465. The molecule has 1 aliphatic rings. The van der Waals surface area contributed by atoms with Crippen molar-refractivity contribution in [2.24, 2.45) is 11.8 Å². The van der Waals surface area contributed by atoms with Crippen LogP contribution in [-0.4, -0.2) is 6.04 Å². The second-order valence-electron chi connectivity index (χ2n) is 9.27. The van der Waals surface area contributed by atoms with Gasteiger partial charge in [0.1, 0.15) is 0 Å². The molecule has 0 amide bonds. The zero-order valence-electron chi connectivity index (χ0n) is 19.3. The first-order valence-electron chi connectivity index (χ1n) is 11.5. The number of benzene rings is 2. The van der Waals surface area contributed by atoms with Crippen LogP contribution in [0.4, 0.5) is 5.69 Å². The molecular weight excluding hydrogens is 350 g/mol. The van der Waals surface area contributed by atoms with E-state index < -0.39 is 0 Å². The van der Waals surface area contributed by atoms with Crippen molar-refractivity contribution >= 4 is 5.69 Å². The minimum atomic E-state index is 0.465. The number of rotatable bonds is 8. The van der Waals surface area contributed by atoms with E-state index >= 15 is 0 Å². The molecule has 0 aliphatic heterocycles. The van der Waals surface area contributed by atoms with Crippen molar-refractivity contribution in [3.8, 4) is 0 Å². The summed E-state index contributed by atoms with van der Waals surface area (Å²) in [5.74, 6) is 1.92. The van der Waals surface area contributed by atoms with Crippen LogP contribution in [0.5, 0.6) is 0 Å². The molecule has 156 valence electrons. The van der Waals surface area contributed by atoms with Gasteiger partial charge in [-0.2, -0.15) is 0 Å². The first-order chi connectivity index (χ1) is 13.9. The second-order valence-corrected chi connectivity index (χ2v) is 9.27. The highest BCUT2D eigenvalue weighted by molar-refractivity contribution is 5.55. The van der Waals surface area contributed by atoms with Gasteiger partial charge in [0.25, 0.3) is 0 Å². The summed E-state index contributed by atoms with van der Waals surface area (Å²) < 4.78 is 0. The molecule has 1 fully saturated rings. The summed E-state index contributed by atoms with van der Waals surface area (Å²) in [6.07, 6.45) is 7.05. The average Bonchev–Trinajstić information content (AvgIpc) is 2.68. The lowest BCUT2D eigenvalue weighted by atomic mass is 9.66. The van der Waals surface area contributed by atoms with Gasteiger partial charge in [-0.1, -0.05) is 80.8 Å². The zero-order chi connectivity index (χ0) is 21.0. The molecule has 2 aromatic carbocycles. The predicted octanol–water partition coefficient (Wildman–Crippen LogP) is 7.70. The molecule has 3 rings (SSSR count). The number of aryl methyl sites for hydroxylation is 2. The van der Waals surface area contributed by atoms with E-state index in [2.05, 4.69) is 95.4 Å². The molecule has 1 saturated carbocycles. The Morgan fingerprint density at radius 1 is 1.07 bits per heavy atom. The molecule has 0 aromatic heterocycles. The van der Waals surface area contributed by atoms with E-state index in [1.165, 1.54) is 47.2 Å². The van der Waals surface area contributed by atoms with E-state index in [1.54, 1.807) is 5.57 Å². The largest absolute Gasteiger partial charge is 0.382 e. The van der Waals surface area contributed by atoms with Gasteiger partial charge in [-0.15, -0.1) is 0 Å². The first kappa shape index (κ1) is 21.7. The number of hydrogen-bond acceptors (Lipinski definition) is 1. The summed E-state index contributed by atoms with van der Waals surface area (Å²) >= 11 is 0. The van der Waals surface area contributed by atoms with Crippen LogP contribution in [0.15, 0.2) is 54.1 Å². The van der Waals surface area contributed by atoms with E-state index in [0.717, 1.165) is 12.3 Å². The first-order valence-corrected chi connectivity index (χ1v) is 11.5. The van der Waals surface area contributed by atoms with Crippen molar-refractivity contribution in [2.75, 3.05) is 5.32 Å². The van der Waals surface area contributed by atoms with E-state index in [0.29, 0.717) is 17.9 Å². The molecule has 2 aromatic rings. The SMILES string of the molecule is CC=C1CC(C)C1C(C)Nc1ccc(C)cc1[C@H](C)Cc1ccc(CCC)cc1. The zero-order valence-corrected chi connectivity index (χ0v) is 19.3. The fraction of sp³-hybridized carbons (Fsp3) is 0.500. The Hall–Kier alpha value is -2.02. The molecule has 3 unspecified atom stereocenters. The monoisotopic (exact) mass is 389 g/mol. The summed E-state index contributed by atoms with van der Waals surface area (Å²) in [5.41, 5.74) is 8.60. The van der Waals surface area contributed by atoms with Crippen LogP contribution >= 0.6 is 0 Å². The van der Waals surface area contributed by atoms with Gasteiger partial charge in [0.05, 0.1) is 0 Å². The number of hydrogen-bond donors (Lipinski definition) is 1. The van der Waals surface area contributed by atoms with Crippen LogP contribution in [0, 0.1) is 18.8 Å². The van der Waals surface area contributed by atoms with Crippen molar-refractivity contribution in [1.29, 1.82) is 0 Å². The third kappa shape index (κ3) is 5.13. The molecule has 0 heterocycles. The third-order valence-corrected chi connectivity index (χ3v) is 6.73. The van der Waals surface area contributed by atoms with Gasteiger partial charge in [0, 0.05) is 17.6 Å². The maximum atomic E-state index is 3.89. The molecule has 1 N–H and O–H groups in total. The standard InChI is InChI=1S/C28H39N/c1-7-9-23-11-13-24(14-12-23)17-20(4)26-16-19(3)10-15-27(26)29-22(6)28-21(5)18-25(28)8-2/h8,10-16,20-22,28-29H,7,9,17-18H2,1-6H3/t20-,21?,22?,28?/m1/s1. The third-order valence-electron chi connectivity index (χ3n) is 6.73. The van der Waals surface area contributed by atoms with Gasteiger partial charge in [-0.3, -0.25) is 0 Å². The maximum Gasteiger partial charge on any atom is 0.0378 e. The minimum Gasteiger partial charge on any atom is -0.382 e.